The van der Waals surface area contributed by atoms with Crippen molar-refractivity contribution in [2.75, 3.05) is 13.7 Å². The van der Waals surface area contributed by atoms with Gasteiger partial charge in [0, 0.05) is 29.8 Å². The number of rotatable bonds is 5. The third kappa shape index (κ3) is 4.30. The highest BCUT2D eigenvalue weighted by Crippen LogP contribution is 2.45. The molecule has 0 saturated heterocycles. The molecule has 0 aromatic heterocycles. The molecular formula is C24H27NO7. The van der Waals surface area contributed by atoms with Crippen molar-refractivity contribution < 1.29 is 33.4 Å². The van der Waals surface area contributed by atoms with Crippen molar-refractivity contribution >= 4 is 23.7 Å². The number of hydrogen-bond donors (Lipinski definition) is 1. The van der Waals surface area contributed by atoms with Crippen LogP contribution >= 0.6 is 0 Å². The summed E-state index contributed by atoms with van der Waals surface area (Å²) in [7, 11) is 1.25. The van der Waals surface area contributed by atoms with Gasteiger partial charge in [-0.3, -0.25) is 14.4 Å². The largest absolute Gasteiger partial charge is 0.468 e. The minimum Gasteiger partial charge on any atom is -0.468 e. The van der Waals surface area contributed by atoms with Crippen molar-refractivity contribution in [1.29, 1.82) is 0 Å². The third-order valence-electron chi connectivity index (χ3n) is 5.71. The molecule has 0 spiro atoms. The first kappa shape index (κ1) is 23.2. The summed E-state index contributed by atoms with van der Waals surface area (Å²) in [6.07, 6.45) is 0.455. The van der Waals surface area contributed by atoms with E-state index in [0.29, 0.717) is 40.3 Å². The minimum atomic E-state index is -0.953. The molecule has 0 saturated carbocycles. The Hall–Kier alpha value is -3.42. The molecule has 1 N–H and O–H groups in total. The number of esters is 3. The van der Waals surface area contributed by atoms with Crippen LogP contribution in [-0.2, 0) is 28.7 Å². The minimum absolute atomic E-state index is 0.176. The lowest BCUT2D eigenvalue weighted by molar-refractivity contribution is -0.151. The molecule has 1 aromatic carbocycles. The molecule has 170 valence electrons. The molecule has 0 amide bonds. The molecule has 1 aliphatic carbocycles. The van der Waals surface area contributed by atoms with Crippen LogP contribution in [0.4, 0.5) is 0 Å². The predicted molar refractivity (Wildman–Crippen MR) is 114 cm³/mol. The fraction of sp³-hybridized carbons (Fsp3) is 0.417. The van der Waals surface area contributed by atoms with Crippen molar-refractivity contribution in [2.45, 2.75) is 40.0 Å². The van der Waals surface area contributed by atoms with Crippen molar-refractivity contribution in [3.8, 4) is 5.75 Å². The maximum Gasteiger partial charge on any atom is 0.336 e. The first-order valence-corrected chi connectivity index (χ1v) is 10.5. The lowest BCUT2D eigenvalue weighted by atomic mass is 9.69. The zero-order chi connectivity index (χ0) is 23.6. The zero-order valence-corrected chi connectivity index (χ0v) is 18.8. The number of carbonyl (C=O) groups is 4. The van der Waals surface area contributed by atoms with Crippen molar-refractivity contribution in [3.63, 3.8) is 0 Å². The summed E-state index contributed by atoms with van der Waals surface area (Å²) in [6.45, 7) is 6.77. The van der Waals surface area contributed by atoms with Gasteiger partial charge in [0.15, 0.2) is 5.78 Å². The SMILES string of the molecule is CCOC(=O)C1=C(C)NC2=C(C(=O)C(C(=O)OC)C(C)C2)C1c1ccc(OC(C)=O)cc1. The molecule has 1 heterocycles. The van der Waals surface area contributed by atoms with E-state index in [1.165, 1.54) is 14.0 Å². The average molecular weight is 441 g/mol. The number of ketones is 1. The van der Waals surface area contributed by atoms with E-state index in [2.05, 4.69) is 5.32 Å². The number of ether oxygens (including phenoxy) is 3. The zero-order valence-electron chi connectivity index (χ0n) is 18.8. The quantitative estimate of drug-likeness (QED) is 0.422. The van der Waals surface area contributed by atoms with Crippen molar-refractivity contribution in [3.05, 3.63) is 52.4 Å². The summed E-state index contributed by atoms with van der Waals surface area (Å²) in [6, 6.07) is 6.60. The van der Waals surface area contributed by atoms with E-state index in [0.717, 1.165) is 0 Å². The summed E-state index contributed by atoms with van der Waals surface area (Å²) in [5.74, 6) is -3.56. The van der Waals surface area contributed by atoms with Crippen molar-refractivity contribution in [1.82, 2.24) is 5.32 Å². The Morgan fingerprint density at radius 1 is 1.16 bits per heavy atom. The van der Waals surface area contributed by atoms with Crippen LogP contribution in [0, 0.1) is 11.8 Å². The molecule has 3 unspecified atom stereocenters. The van der Waals surface area contributed by atoms with Crippen LogP contribution in [0.15, 0.2) is 46.8 Å². The van der Waals surface area contributed by atoms with E-state index >= 15 is 0 Å². The van der Waals surface area contributed by atoms with E-state index in [-0.39, 0.29) is 18.3 Å². The standard InChI is InChI=1S/C24H27NO7/c1-6-31-24(29)19-13(3)25-17-11-12(2)18(23(28)30-5)22(27)21(17)20(19)15-7-9-16(10-8-15)32-14(4)26/h7-10,12,18,20,25H,6,11H2,1-5H3. The number of methoxy groups -OCH3 is 1. The first-order valence-electron chi connectivity index (χ1n) is 10.5. The van der Waals surface area contributed by atoms with Crippen LogP contribution in [0.2, 0.25) is 0 Å². The molecule has 0 radical (unpaired) electrons. The van der Waals surface area contributed by atoms with E-state index in [9.17, 15) is 19.2 Å². The molecule has 1 aromatic rings. The molecule has 8 nitrogen and oxygen atoms in total. The molecule has 0 fully saturated rings. The highest BCUT2D eigenvalue weighted by molar-refractivity contribution is 6.12. The Balaban J connectivity index is 2.14. The number of benzene rings is 1. The Morgan fingerprint density at radius 3 is 2.38 bits per heavy atom. The number of carbonyl (C=O) groups excluding carboxylic acids is 4. The maximum atomic E-state index is 13.6. The number of Topliss-reactive ketones (excluding diaryl/α,β-unsaturated/α-hetero) is 1. The summed E-state index contributed by atoms with van der Waals surface area (Å²) >= 11 is 0. The third-order valence-corrected chi connectivity index (χ3v) is 5.71. The van der Waals surface area contributed by atoms with Crippen molar-refractivity contribution in [2.24, 2.45) is 11.8 Å². The van der Waals surface area contributed by atoms with Gasteiger partial charge in [-0.2, -0.15) is 0 Å². The van der Waals surface area contributed by atoms with E-state index in [1.54, 1.807) is 38.1 Å². The number of allylic oxidation sites excluding steroid dienone is 3. The number of dihydropyridines is 1. The monoisotopic (exact) mass is 441 g/mol. The van der Waals surface area contributed by atoms with Crippen LogP contribution < -0.4 is 10.1 Å². The fourth-order valence-corrected chi connectivity index (χ4v) is 4.39. The molecule has 0 bridgehead atoms. The van der Waals surface area contributed by atoms with Crippen LogP contribution in [0.1, 0.15) is 45.6 Å². The van der Waals surface area contributed by atoms with Gasteiger partial charge in [-0.1, -0.05) is 19.1 Å². The van der Waals surface area contributed by atoms with Gasteiger partial charge in [-0.05, 0) is 43.9 Å². The molecule has 1 aliphatic heterocycles. The van der Waals surface area contributed by atoms with Gasteiger partial charge in [0.25, 0.3) is 0 Å². The van der Waals surface area contributed by atoms with Crippen LogP contribution in [0.3, 0.4) is 0 Å². The second-order valence-corrected chi connectivity index (χ2v) is 7.92. The van der Waals surface area contributed by atoms with Gasteiger partial charge < -0.3 is 19.5 Å². The molecule has 32 heavy (non-hydrogen) atoms. The Kier molecular flexibility index (Phi) is 6.81. The predicted octanol–water partition coefficient (Wildman–Crippen LogP) is 2.79. The summed E-state index contributed by atoms with van der Waals surface area (Å²) in [5.41, 5.74) is 2.57. The van der Waals surface area contributed by atoms with Gasteiger partial charge >= 0.3 is 17.9 Å². The van der Waals surface area contributed by atoms with E-state index in [4.69, 9.17) is 14.2 Å². The normalized spacial score (nSPS) is 22.7. The van der Waals surface area contributed by atoms with Gasteiger partial charge in [-0.25, -0.2) is 4.79 Å². The Labute approximate surface area is 186 Å². The van der Waals surface area contributed by atoms with Gasteiger partial charge in [-0.15, -0.1) is 0 Å². The Bertz CT molecular complexity index is 1020. The average Bonchev–Trinajstić information content (AvgIpc) is 2.72. The summed E-state index contributed by atoms with van der Waals surface area (Å²) in [4.78, 5) is 50.1. The molecule has 3 atom stereocenters. The molecule has 2 aliphatic rings. The number of hydrogen-bond acceptors (Lipinski definition) is 8. The highest BCUT2D eigenvalue weighted by Gasteiger charge is 2.47. The summed E-state index contributed by atoms with van der Waals surface area (Å²) in [5, 5.41) is 3.20. The van der Waals surface area contributed by atoms with E-state index in [1.807, 2.05) is 6.92 Å². The first-order chi connectivity index (χ1) is 15.2. The van der Waals surface area contributed by atoms with Crippen LogP contribution in [0.25, 0.3) is 0 Å². The lowest BCUT2D eigenvalue weighted by Crippen LogP contribution is -2.43. The van der Waals surface area contributed by atoms with Gasteiger partial charge in [0.2, 0.25) is 0 Å². The van der Waals surface area contributed by atoms with Crippen LogP contribution in [0.5, 0.6) is 5.75 Å². The van der Waals surface area contributed by atoms with Gasteiger partial charge in [0.05, 0.1) is 19.3 Å². The smallest absolute Gasteiger partial charge is 0.336 e. The lowest BCUT2D eigenvalue weighted by Gasteiger charge is -2.38. The maximum absolute atomic E-state index is 13.6. The van der Waals surface area contributed by atoms with Gasteiger partial charge in [0.1, 0.15) is 11.7 Å². The molecule has 3 rings (SSSR count). The van der Waals surface area contributed by atoms with E-state index < -0.39 is 29.7 Å². The van der Waals surface area contributed by atoms with Crippen LogP contribution in [-0.4, -0.2) is 37.4 Å². The topological polar surface area (TPSA) is 108 Å². The second kappa shape index (κ2) is 9.38. The number of nitrogens with one attached hydrogen (secondary N) is 1. The molecular weight excluding hydrogens is 414 g/mol. The highest BCUT2D eigenvalue weighted by atomic mass is 16.5. The fourth-order valence-electron chi connectivity index (χ4n) is 4.39. The second-order valence-electron chi connectivity index (χ2n) is 7.92. The molecule has 8 heteroatoms. The Morgan fingerprint density at radius 2 is 1.81 bits per heavy atom. The summed E-state index contributed by atoms with van der Waals surface area (Å²) < 4.78 is 15.3.